The van der Waals surface area contributed by atoms with Crippen LogP contribution in [0.4, 0.5) is 5.69 Å². The van der Waals surface area contributed by atoms with Gasteiger partial charge in [-0.15, -0.1) is 0 Å². The molecule has 2 aliphatic rings. The molecule has 0 saturated carbocycles. The Hall–Kier alpha value is -2.79. The summed E-state index contributed by atoms with van der Waals surface area (Å²) >= 11 is 6.18. The van der Waals surface area contributed by atoms with Gasteiger partial charge in [-0.2, -0.15) is 0 Å². The largest absolute Gasteiger partial charge is 0.491 e. The lowest BCUT2D eigenvalue weighted by molar-refractivity contribution is -0.120. The van der Waals surface area contributed by atoms with Crippen LogP contribution in [-0.2, 0) is 9.59 Å². The van der Waals surface area contributed by atoms with Crippen LogP contribution in [0.2, 0.25) is 5.02 Å². The Kier molecular flexibility index (Phi) is 5.56. The summed E-state index contributed by atoms with van der Waals surface area (Å²) < 4.78 is 5.72. The van der Waals surface area contributed by atoms with E-state index in [-0.39, 0.29) is 17.9 Å². The summed E-state index contributed by atoms with van der Waals surface area (Å²) in [6.45, 7) is 7.35. The summed E-state index contributed by atoms with van der Waals surface area (Å²) in [7, 11) is 0. The van der Waals surface area contributed by atoms with Crippen LogP contribution in [0.3, 0.4) is 0 Å². The van der Waals surface area contributed by atoms with Crippen molar-refractivity contribution in [1.82, 2.24) is 4.90 Å². The molecule has 2 heterocycles. The normalized spacial score (nSPS) is 17.0. The minimum Gasteiger partial charge on any atom is -0.491 e. The first-order valence-corrected chi connectivity index (χ1v) is 10.7. The van der Waals surface area contributed by atoms with Crippen molar-refractivity contribution in [3.63, 3.8) is 0 Å². The maximum Gasteiger partial charge on any atom is 0.282 e. The Labute approximate surface area is 181 Å². The highest BCUT2D eigenvalue weighted by Gasteiger charge is 2.43. The van der Waals surface area contributed by atoms with E-state index in [1.54, 1.807) is 12.1 Å². The molecule has 4 rings (SSSR count). The third kappa shape index (κ3) is 3.70. The second-order valence-electron chi connectivity index (χ2n) is 7.99. The highest BCUT2D eigenvalue weighted by molar-refractivity contribution is 6.45. The summed E-state index contributed by atoms with van der Waals surface area (Å²) in [4.78, 5) is 30.4. The highest BCUT2D eigenvalue weighted by Crippen LogP contribution is 2.38. The molecule has 1 saturated heterocycles. The number of halogens is 1. The molecule has 6 heteroatoms. The van der Waals surface area contributed by atoms with Gasteiger partial charge >= 0.3 is 0 Å². The average molecular weight is 425 g/mol. The molecule has 0 bridgehead atoms. The van der Waals surface area contributed by atoms with Crippen molar-refractivity contribution in [1.29, 1.82) is 0 Å². The summed E-state index contributed by atoms with van der Waals surface area (Å²) in [5, 5.41) is 0.488. The van der Waals surface area contributed by atoms with Crippen molar-refractivity contribution in [3.8, 4) is 5.75 Å². The van der Waals surface area contributed by atoms with E-state index in [0.29, 0.717) is 27.5 Å². The lowest BCUT2D eigenvalue weighted by atomic mass is 10.0. The average Bonchev–Trinajstić information content (AvgIpc) is 3.31. The molecule has 30 heavy (non-hydrogen) atoms. The van der Waals surface area contributed by atoms with E-state index in [1.807, 2.05) is 56.0 Å². The second kappa shape index (κ2) is 8.15. The number of carbonyl (C=O) groups excluding carboxylic acids is 2. The molecule has 0 aromatic heterocycles. The van der Waals surface area contributed by atoms with Gasteiger partial charge in [0.15, 0.2) is 0 Å². The van der Waals surface area contributed by atoms with Crippen molar-refractivity contribution < 1.29 is 14.3 Å². The molecule has 0 aliphatic carbocycles. The molecule has 2 amide bonds. The van der Waals surface area contributed by atoms with Crippen LogP contribution in [0.25, 0.3) is 5.57 Å². The van der Waals surface area contributed by atoms with Crippen LogP contribution in [0.15, 0.2) is 48.2 Å². The predicted octanol–water partition coefficient (Wildman–Crippen LogP) is 4.82. The number of hydrogen-bond acceptors (Lipinski definition) is 4. The molecular formula is C24H25ClN2O3. The molecule has 156 valence electrons. The number of likely N-dealkylation sites (tertiary alicyclic amines) is 1. The zero-order chi connectivity index (χ0) is 21.4. The first-order valence-electron chi connectivity index (χ1n) is 10.3. The summed E-state index contributed by atoms with van der Waals surface area (Å²) in [5.74, 6) is 0.131. The third-order valence-corrected chi connectivity index (χ3v) is 5.64. The Morgan fingerprint density at radius 2 is 1.63 bits per heavy atom. The second-order valence-corrected chi connectivity index (χ2v) is 8.42. The van der Waals surface area contributed by atoms with E-state index in [2.05, 4.69) is 0 Å². The zero-order valence-electron chi connectivity index (χ0n) is 17.4. The summed E-state index contributed by atoms with van der Waals surface area (Å²) in [6.07, 6.45) is 2.08. The van der Waals surface area contributed by atoms with E-state index in [9.17, 15) is 9.59 Å². The number of ether oxygens (including phenoxy) is 1. The molecule has 2 aromatic rings. The Bertz CT molecular complexity index is 1020. The van der Waals surface area contributed by atoms with E-state index < -0.39 is 0 Å². The molecule has 0 atom stereocenters. The molecule has 0 spiro atoms. The number of benzene rings is 2. The Balaban J connectivity index is 1.79. The van der Waals surface area contributed by atoms with E-state index >= 15 is 0 Å². The van der Waals surface area contributed by atoms with Gasteiger partial charge in [0.05, 0.1) is 17.4 Å². The zero-order valence-corrected chi connectivity index (χ0v) is 18.2. The Morgan fingerprint density at radius 3 is 2.27 bits per heavy atom. The molecule has 5 nitrogen and oxygen atoms in total. The van der Waals surface area contributed by atoms with Crippen molar-refractivity contribution in [2.45, 2.75) is 39.7 Å². The monoisotopic (exact) mass is 424 g/mol. The van der Waals surface area contributed by atoms with Crippen LogP contribution in [0.5, 0.6) is 5.75 Å². The summed E-state index contributed by atoms with van der Waals surface area (Å²) in [6, 6.07) is 12.6. The highest BCUT2D eigenvalue weighted by atomic mass is 35.5. The van der Waals surface area contributed by atoms with Gasteiger partial charge in [0.1, 0.15) is 11.4 Å². The van der Waals surface area contributed by atoms with Crippen molar-refractivity contribution in [2.24, 2.45) is 0 Å². The molecular weight excluding hydrogens is 400 g/mol. The minimum absolute atomic E-state index is 0.0613. The van der Waals surface area contributed by atoms with Crippen LogP contribution in [-0.4, -0.2) is 35.9 Å². The van der Waals surface area contributed by atoms with Gasteiger partial charge in [-0.25, -0.2) is 4.90 Å². The molecule has 0 radical (unpaired) electrons. The van der Waals surface area contributed by atoms with Gasteiger partial charge in [-0.1, -0.05) is 29.8 Å². The molecule has 0 unspecified atom stereocenters. The fourth-order valence-corrected chi connectivity index (χ4v) is 4.19. The van der Waals surface area contributed by atoms with Crippen molar-refractivity contribution in [3.05, 3.63) is 64.3 Å². The number of carbonyl (C=O) groups is 2. The van der Waals surface area contributed by atoms with E-state index in [4.69, 9.17) is 16.3 Å². The van der Waals surface area contributed by atoms with Gasteiger partial charge in [-0.05, 0) is 69.0 Å². The number of amides is 2. The number of aryl methyl sites for hydroxylation is 1. The number of imide groups is 1. The molecule has 0 N–H and O–H groups in total. The number of hydrogen-bond donors (Lipinski definition) is 0. The fourth-order valence-electron chi connectivity index (χ4n) is 4.03. The maximum absolute atomic E-state index is 13.6. The van der Waals surface area contributed by atoms with Crippen LogP contribution in [0.1, 0.15) is 37.8 Å². The van der Waals surface area contributed by atoms with Gasteiger partial charge < -0.3 is 9.64 Å². The minimum atomic E-state index is -0.315. The Morgan fingerprint density at radius 1 is 0.967 bits per heavy atom. The molecule has 2 aromatic carbocycles. The SMILES string of the molecule is Cc1ccc(Cl)cc1N1C(=O)C(c2ccc(OC(C)C)cc2)=C(N2CCCC2)C1=O. The number of anilines is 1. The topological polar surface area (TPSA) is 49.9 Å². The quantitative estimate of drug-likeness (QED) is 0.646. The maximum atomic E-state index is 13.6. The molecule has 1 fully saturated rings. The van der Waals surface area contributed by atoms with Crippen molar-refractivity contribution in [2.75, 3.05) is 18.0 Å². The van der Waals surface area contributed by atoms with Crippen molar-refractivity contribution >= 4 is 34.7 Å². The number of nitrogens with zero attached hydrogens (tertiary/aromatic N) is 2. The first-order chi connectivity index (χ1) is 14.4. The van der Waals surface area contributed by atoms with Gasteiger partial charge in [-0.3, -0.25) is 9.59 Å². The fraction of sp³-hybridized carbons (Fsp3) is 0.333. The predicted molar refractivity (Wildman–Crippen MR) is 119 cm³/mol. The number of rotatable bonds is 5. The first kappa shape index (κ1) is 20.5. The molecule has 2 aliphatic heterocycles. The van der Waals surface area contributed by atoms with Gasteiger partial charge in [0, 0.05) is 18.1 Å². The summed E-state index contributed by atoms with van der Waals surface area (Å²) in [5.41, 5.74) is 2.99. The van der Waals surface area contributed by atoms with E-state index in [1.165, 1.54) is 4.90 Å². The lowest BCUT2D eigenvalue weighted by Gasteiger charge is -2.21. The third-order valence-electron chi connectivity index (χ3n) is 5.41. The smallest absolute Gasteiger partial charge is 0.282 e. The standard InChI is InChI=1S/C24H25ClN2O3/c1-15(2)30-19-10-7-17(8-11-19)21-22(26-12-4-5-13-26)24(29)27(23(21)28)20-14-18(25)9-6-16(20)3/h6-11,14-15H,4-5,12-13H2,1-3H3. The van der Waals surface area contributed by atoms with Crippen LogP contribution in [0, 0.1) is 6.92 Å². The van der Waals surface area contributed by atoms with E-state index in [0.717, 1.165) is 37.2 Å². The van der Waals surface area contributed by atoms with Crippen LogP contribution >= 0.6 is 11.6 Å². The lowest BCUT2D eigenvalue weighted by Crippen LogP contribution is -2.35. The van der Waals surface area contributed by atoms with Gasteiger partial charge in [0.2, 0.25) is 0 Å². The van der Waals surface area contributed by atoms with Gasteiger partial charge in [0.25, 0.3) is 11.8 Å². The van der Waals surface area contributed by atoms with Crippen LogP contribution < -0.4 is 9.64 Å².